The van der Waals surface area contributed by atoms with E-state index in [1.54, 1.807) is 18.3 Å². The molecule has 128 valence electrons. The third-order valence-electron chi connectivity index (χ3n) is 3.45. The van der Waals surface area contributed by atoms with Gasteiger partial charge in [0.1, 0.15) is 29.3 Å². The molecule has 0 saturated heterocycles. The Morgan fingerprint density at radius 1 is 1.28 bits per heavy atom. The zero-order valence-electron chi connectivity index (χ0n) is 13.1. The first-order valence-electron chi connectivity index (χ1n) is 7.20. The molecule has 0 amide bonds. The minimum atomic E-state index is -0.741. The molecule has 0 aliphatic heterocycles. The summed E-state index contributed by atoms with van der Waals surface area (Å²) in [7, 11) is 1.45. The number of methoxy groups -OCH3 is 1. The number of aromatic hydroxyl groups is 1. The van der Waals surface area contributed by atoms with Gasteiger partial charge in [-0.3, -0.25) is 9.20 Å². The van der Waals surface area contributed by atoms with Gasteiger partial charge >= 0.3 is 5.97 Å². The quantitative estimate of drug-likeness (QED) is 0.671. The number of pyridine rings is 1. The van der Waals surface area contributed by atoms with Crippen LogP contribution in [0.4, 0.5) is 0 Å². The van der Waals surface area contributed by atoms with Gasteiger partial charge in [0.2, 0.25) is 0 Å². The van der Waals surface area contributed by atoms with Crippen LogP contribution in [0.1, 0.15) is 16.1 Å². The lowest BCUT2D eigenvalue weighted by Gasteiger charge is -2.08. The molecule has 8 heteroatoms. The van der Waals surface area contributed by atoms with Gasteiger partial charge in [-0.25, -0.2) is 9.78 Å². The lowest BCUT2D eigenvalue weighted by atomic mass is 10.2. The van der Waals surface area contributed by atoms with E-state index >= 15 is 0 Å². The number of esters is 1. The second kappa shape index (κ2) is 6.94. The van der Waals surface area contributed by atoms with Crippen molar-refractivity contribution in [1.29, 1.82) is 0 Å². The summed E-state index contributed by atoms with van der Waals surface area (Å²) in [4.78, 5) is 28.5. The molecule has 25 heavy (non-hydrogen) atoms. The van der Waals surface area contributed by atoms with Crippen molar-refractivity contribution in [2.45, 2.75) is 6.61 Å². The summed E-state index contributed by atoms with van der Waals surface area (Å²) in [5.74, 6) is -0.547. The summed E-state index contributed by atoms with van der Waals surface area (Å²) in [6.07, 6.45) is 1.61. The fourth-order valence-electron chi connectivity index (χ4n) is 2.22. The lowest BCUT2D eigenvalue weighted by molar-refractivity contribution is 0.0464. The van der Waals surface area contributed by atoms with Crippen LogP contribution < -0.4 is 10.3 Å². The fraction of sp³-hybridized carbons (Fsp3) is 0.118. The van der Waals surface area contributed by atoms with E-state index in [0.29, 0.717) is 17.1 Å². The smallest absolute Gasteiger partial charge is 0.342 e. The Morgan fingerprint density at radius 2 is 2.08 bits per heavy atom. The number of halogens is 1. The summed E-state index contributed by atoms with van der Waals surface area (Å²) in [6, 6.07) is 8.95. The summed E-state index contributed by atoms with van der Waals surface area (Å²) >= 11 is 3.29. The maximum absolute atomic E-state index is 12.1. The Bertz CT molecular complexity index is 1020. The van der Waals surface area contributed by atoms with Crippen LogP contribution in [0.5, 0.6) is 11.5 Å². The zero-order chi connectivity index (χ0) is 18.0. The molecule has 0 aliphatic rings. The first kappa shape index (κ1) is 17.0. The van der Waals surface area contributed by atoms with Gasteiger partial charge in [-0.15, -0.1) is 0 Å². The van der Waals surface area contributed by atoms with Crippen LogP contribution in [0.15, 0.2) is 51.9 Å². The van der Waals surface area contributed by atoms with E-state index in [1.165, 1.54) is 35.8 Å². The van der Waals surface area contributed by atoms with Gasteiger partial charge in [-0.05, 0) is 46.3 Å². The average molecular weight is 405 g/mol. The van der Waals surface area contributed by atoms with Crippen LogP contribution in [0, 0.1) is 0 Å². The summed E-state index contributed by atoms with van der Waals surface area (Å²) in [5, 5.41) is 9.78. The summed E-state index contributed by atoms with van der Waals surface area (Å²) in [5.41, 5.74) is 0.427. The maximum Gasteiger partial charge on any atom is 0.342 e. The third kappa shape index (κ3) is 3.63. The van der Waals surface area contributed by atoms with Gasteiger partial charge in [-0.2, -0.15) is 0 Å². The van der Waals surface area contributed by atoms with E-state index in [2.05, 4.69) is 20.9 Å². The van der Waals surface area contributed by atoms with Gasteiger partial charge in [0.05, 0.1) is 12.8 Å². The highest BCUT2D eigenvalue weighted by Crippen LogP contribution is 2.23. The zero-order valence-corrected chi connectivity index (χ0v) is 14.7. The molecule has 0 bridgehead atoms. The summed E-state index contributed by atoms with van der Waals surface area (Å²) in [6.45, 7) is -0.197. The van der Waals surface area contributed by atoms with Crippen LogP contribution in [-0.4, -0.2) is 27.6 Å². The van der Waals surface area contributed by atoms with Crippen molar-refractivity contribution in [1.82, 2.24) is 9.38 Å². The second-order valence-electron chi connectivity index (χ2n) is 5.12. The molecule has 0 radical (unpaired) electrons. The second-order valence-corrected chi connectivity index (χ2v) is 6.04. The van der Waals surface area contributed by atoms with Crippen LogP contribution in [0.3, 0.4) is 0 Å². The van der Waals surface area contributed by atoms with Crippen LogP contribution >= 0.6 is 15.9 Å². The Kier molecular flexibility index (Phi) is 4.71. The number of carbonyl (C=O) groups is 1. The van der Waals surface area contributed by atoms with E-state index in [4.69, 9.17) is 9.47 Å². The molecule has 1 N–H and O–H groups in total. The topological polar surface area (TPSA) is 90.1 Å². The Hall–Kier alpha value is -2.87. The van der Waals surface area contributed by atoms with Gasteiger partial charge < -0.3 is 14.6 Å². The molecule has 3 aromatic rings. The van der Waals surface area contributed by atoms with Crippen molar-refractivity contribution >= 4 is 27.5 Å². The van der Waals surface area contributed by atoms with Crippen LogP contribution in [-0.2, 0) is 11.3 Å². The molecule has 2 heterocycles. The van der Waals surface area contributed by atoms with Gasteiger partial charge in [-0.1, -0.05) is 0 Å². The molecule has 0 spiro atoms. The normalized spacial score (nSPS) is 10.6. The lowest BCUT2D eigenvalue weighted by Crippen LogP contribution is -2.16. The van der Waals surface area contributed by atoms with Crippen LogP contribution in [0.25, 0.3) is 5.65 Å². The third-order valence-corrected chi connectivity index (χ3v) is 3.92. The molecule has 0 fully saturated rings. The Morgan fingerprint density at radius 3 is 2.84 bits per heavy atom. The molecule has 1 aromatic carbocycles. The molecule has 0 unspecified atom stereocenters. The molecular weight excluding hydrogens is 392 g/mol. The average Bonchev–Trinajstić information content (AvgIpc) is 2.60. The fourth-order valence-corrected chi connectivity index (χ4v) is 2.56. The Balaban J connectivity index is 1.82. The van der Waals surface area contributed by atoms with Crippen LogP contribution in [0.2, 0.25) is 0 Å². The van der Waals surface area contributed by atoms with Crippen molar-refractivity contribution in [2.75, 3.05) is 7.11 Å². The predicted molar refractivity (Wildman–Crippen MR) is 92.9 cm³/mol. The largest absolute Gasteiger partial charge is 0.507 e. The molecule has 0 aliphatic carbocycles. The van der Waals surface area contributed by atoms with Crippen molar-refractivity contribution in [3.05, 3.63) is 68.7 Å². The number of aromatic nitrogens is 2. The number of phenols is 1. The molecule has 0 atom stereocenters. The van der Waals surface area contributed by atoms with E-state index in [0.717, 1.165) is 4.47 Å². The van der Waals surface area contributed by atoms with E-state index in [-0.39, 0.29) is 23.5 Å². The minimum Gasteiger partial charge on any atom is -0.507 e. The number of rotatable bonds is 4. The SMILES string of the molecule is COc1ccc(O)c(C(=O)OCc2cc(=O)n3cc(Br)ccc3n2)c1. The van der Waals surface area contributed by atoms with Gasteiger partial charge in [0, 0.05) is 16.7 Å². The van der Waals surface area contributed by atoms with Crippen molar-refractivity contribution in [3.8, 4) is 11.5 Å². The highest BCUT2D eigenvalue weighted by Gasteiger charge is 2.15. The van der Waals surface area contributed by atoms with Crippen molar-refractivity contribution in [3.63, 3.8) is 0 Å². The van der Waals surface area contributed by atoms with Crippen molar-refractivity contribution < 1.29 is 19.4 Å². The predicted octanol–water partition coefficient (Wildman–Crippen LogP) is 2.53. The number of fused-ring (bicyclic) bond motifs is 1. The number of benzene rings is 1. The molecular formula is C17H13BrN2O5. The number of carbonyl (C=O) groups excluding carboxylic acids is 1. The van der Waals surface area contributed by atoms with Gasteiger partial charge in [0.15, 0.2) is 0 Å². The molecule has 3 rings (SSSR count). The number of hydrogen-bond donors (Lipinski definition) is 1. The summed E-state index contributed by atoms with van der Waals surface area (Å²) < 4.78 is 12.3. The maximum atomic E-state index is 12.1. The standard InChI is InChI=1S/C17H13BrN2O5/c1-24-12-3-4-14(21)13(7-12)17(23)25-9-11-6-16(22)20-8-10(18)2-5-15(20)19-11/h2-8,21H,9H2,1H3. The number of nitrogens with zero attached hydrogens (tertiary/aromatic N) is 2. The van der Waals surface area contributed by atoms with Crippen molar-refractivity contribution in [2.24, 2.45) is 0 Å². The minimum absolute atomic E-state index is 0.0270. The Labute approximate surface area is 150 Å². The van der Waals surface area contributed by atoms with E-state index < -0.39 is 5.97 Å². The highest BCUT2D eigenvalue weighted by molar-refractivity contribution is 9.10. The first-order valence-corrected chi connectivity index (χ1v) is 7.99. The first-order chi connectivity index (χ1) is 12.0. The molecule has 2 aromatic heterocycles. The highest BCUT2D eigenvalue weighted by atomic mass is 79.9. The van der Waals surface area contributed by atoms with Gasteiger partial charge in [0.25, 0.3) is 5.56 Å². The molecule has 7 nitrogen and oxygen atoms in total. The van der Waals surface area contributed by atoms with E-state index in [1.807, 2.05) is 0 Å². The number of phenolic OH excluding ortho intramolecular Hbond substituents is 1. The number of ether oxygens (including phenoxy) is 2. The number of hydrogen-bond acceptors (Lipinski definition) is 6. The monoisotopic (exact) mass is 404 g/mol. The van der Waals surface area contributed by atoms with E-state index in [9.17, 15) is 14.7 Å². The molecule has 0 saturated carbocycles.